The minimum atomic E-state index is -1.47. The number of ether oxygens (including phenoxy) is 4. The number of methoxy groups -OCH3 is 1. The summed E-state index contributed by atoms with van der Waals surface area (Å²) in [6, 6.07) is 28.3. The van der Waals surface area contributed by atoms with E-state index in [0.29, 0.717) is 38.4 Å². The van der Waals surface area contributed by atoms with Crippen LogP contribution < -0.4 is 0 Å². The molecule has 1 aliphatic rings. The summed E-state index contributed by atoms with van der Waals surface area (Å²) in [6.07, 6.45) is -1.63. The molecule has 0 aliphatic carbocycles. The number of rotatable bonds is 16. The van der Waals surface area contributed by atoms with Gasteiger partial charge in [-0.15, -0.1) is 0 Å². The first-order valence-corrected chi connectivity index (χ1v) is 16.1. The average Bonchev–Trinajstić information content (AvgIpc) is 3.71. The van der Waals surface area contributed by atoms with Crippen molar-refractivity contribution in [2.45, 2.75) is 64.1 Å². The molecule has 5 rings (SSSR count). The molecule has 248 valence electrons. The predicted molar refractivity (Wildman–Crippen MR) is 176 cm³/mol. The zero-order chi connectivity index (χ0) is 33.2. The number of hydrogen-bond donors (Lipinski definition) is 1. The van der Waals surface area contributed by atoms with Crippen LogP contribution in [-0.4, -0.2) is 61.1 Å². The Hall–Kier alpha value is -4.28. The van der Waals surface area contributed by atoms with Gasteiger partial charge in [0.2, 0.25) is 0 Å². The van der Waals surface area contributed by atoms with E-state index >= 15 is 0 Å². The molecule has 1 N–H and O–H groups in total. The topological polar surface area (TPSA) is 108 Å². The summed E-state index contributed by atoms with van der Waals surface area (Å²) in [7, 11) is 1.32. The highest BCUT2D eigenvalue weighted by Gasteiger charge is 2.44. The summed E-state index contributed by atoms with van der Waals surface area (Å²) in [6.45, 7) is 5.62. The van der Waals surface area contributed by atoms with Crippen LogP contribution >= 0.6 is 0 Å². The predicted octanol–water partition coefficient (Wildman–Crippen LogP) is 6.97. The van der Waals surface area contributed by atoms with Crippen molar-refractivity contribution in [1.29, 1.82) is 0 Å². The molecule has 1 fully saturated rings. The summed E-state index contributed by atoms with van der Waals surface area (Å²) in [4.78, 5) is 27.4. The Morgan fingerprint density at radius 3 is 2.47 bits per heavy atom. The minimum absolute atomic E-state index is 0.0127. The van der Waals surface area contributed by atoms with Gasteiger partial charge in [-0.2, -0.15) is 0 Å². The van der Waals surface area contributed by atoms with Gasteiger partial charge in [0.15, 0.2) is 6.10 Å². The largest absolute Gasteiger partial charge is 0.463 e. The lowest BCUT2D eigenvalue weighted by Gasteiger charge is -2.26. The SMILES string of the molecule is CC[C@H](COCCCc1oc([C@@H](O)[C@H](OC)C(=O)N2C(=O)OC[C@@H]2c2ccccc2)cc1-c1cccc(C)c1)OCc1ccccc1. The number of aliphatic hydroxyl groups is 1. The van der Waals surface area contributed by atoms with Gasteiger partial charge in [0, 0.05) is 25.7 Å². The number of cyclic esters (lactones) is 1. The van der Waals surface area contributed by atoms with Gasteiger partial charge in [-0.3, -0.25) is 4.79 Å². The number of carbonyl (C=O) groups is 2. The Bertz CT molecular complexity index is 1590. The number of carbonyl (C=O) groups excluding carboxylic acids is 2. The second-order valence-corrected chi connectivity index (χ2v) is 11.7. The van der Waals surface area contributed by atoms with E-state index in [9.17, 15) is 14.7 Å². The van der Waals surface area contributed by atoms with Crippen molar-refractivity contribution >= 4 is 12.0 Å². The van der Waals surface area contributed by atoms with Gasteiger partial charge in [0.25, 0.3) is 5.91 Å². The fourth-order valence-electron chi connectivity index (χ4n) is 5.70. The number of benzene rings is 3. The van der Waals surface area contributed by atoms with Crippen LogP contribution in [0.15, 0.2) is 95.4 Å². The quantitative estimate of drug-likeness (QED) is 0.131. The van der Waals surface area contributed by atoms with Gasteiger partial charge in [0.1, 0.15) is 30.3 Å². The fourth-order valence-corrected chi connectivity index (χ4v) is 5.70. The van der Waals surface area contributed by atoms with Gasteiger partial charge in [-0.1, -0.05) is 97.4 Å². The smallest absolute Gasteiger partial charge is 0.417 e. The van der Waals surface area contributed by atoms with Crippen LogP contribution in [-0.2, 0) is 36.8 Å². The first-order chi connectivity index (χ1) is 22.9. The second kappa shape index (κ2) is 16.5. The Morgan fingerprint density at radius 1 is 1.02 bits per heavy atom. The van der Waals surface area contributed by atoms with Crippen molar-refractivity contribution in [3.8, 4) is 11.1 Å². The molecular formula is C38H43NO8. The Balaban J connectivity index is 1.27. The molecule has 1 saturated heterocycles. The van der Waals surface area contributed by atoms with E-state index in [4.69, 9.17) is 23.4 Å². The lowest BCUT2D eigenvalue weighted by Crippen LogP contribution is -2.44. The van der Waals surface area contributed by atoms with Crippen molar-refractivity contribution in [3.63, 3.8) is 0 Å². The van der Waals surface area contributed by atoms with Crippen molar-refractivity contribution in [3.05, 3.63) is 119 Å². The van der Waals surface area contributed by atoms with E-state index in [2.05, 4.69) is 6.92 Å². The summed E-state index contributed by atoms with van der Waals surface area (Å²) in [5.74, 6) is 0.118. The zero-order valence-corrected chi connectivity index (χ0v) is 27.2. The molecule has 1 aliphatic heterocycles. The highest BCUT2D eigenvalue weighted by atomic mass is 16.6. The number of furan rings is 1. The van der Waals surface area contributed by atoms with Crippen molar-refractivity contribution in [2.24, 2.45) is 0 Å². The van der Waals surface area contributed by atoms with Gasteiger partial charge >= 0.3 is 6.09 Å². The van der Waals surface area contributed by atoms with Gasteiger partial charge in [0.05, 0.1) is 19.3 Å². The molecule has 47 heavy (non-hydrogen) atoms. The number of hydrogen-bond acceptors (Lipinski definition) is 8. The molecular weight excluding hydrogens is 598 g/mol. The Labute approximate surface area is 276 Å². The van der Waals surface area contributed by atoms with E-state index in [1.54, 1.807) is 6.07 Å². The molecule has 4 aromatic rings. The summed E-state index contributed by atoms with van der Waals surface area (Å²) in [5, 5.41) is 11.5. The average molecular weight is 642 g/mol. The number of aryl methyl sites for hydroxylation is 2. The molecule has 0 bridgehead atoms. The molecule has 0 saturated carbocycles. The van der Waals surface area contributed by atoms with Crippen molar-refractivity contribution in [2.75, 3.05) is 26.9 Å². The number of amides is 2. The third-order valence-corrected chi connectivity index (χ3v) is 8.31. The minimum Gasteiger partial charge on any atom is -0.463 e. The molecule has 3 aromatic carbocycles. The maximum atomic E-state index is 13.7. The van der Waals surface area contributed by atoms with Gasteiger partial charge in [-0.05, 0) is 42.5 Å². The molecule has 9 heteroatoms. The highest BCUT2D eigenvalue weighted by molar-refractivity contribution is 5.96. The van der Waals surface area contributed by atoms with Crippen LogP contribution in [0.1, 0.15) is 60.1 Å². The van der Waals surface area contributed by atoms with Crippen LogP contribution in [0, 0.1) is 6.92 Å². The van der Waals surface area contributed by atoms with E-state index in [-0.39, 0.29) is 18.5 Å². The molecule has 0 unspecified atom stereocenters. The third-order valence-electron chi connectivity index (χ3n) is 8.31. The lowest BCUT2D eigenvalue weighted by molar-refractivity contribution is -0.148. The summed E-state index contributed by atoms with van der Waals surface area (Å²) < 4.78 is 29.0. The molecule has 0 spiro atoms. The van der Waals surface area contributed by atoms with Crippen LogP contribution in [0.4, 0.5) is 4.79 Å². The molecule has 2 heterocycles. The maximum Gasteiger partial charge on any atom is 0.417 e. The first-order valence-electron chi connectivity index (χ1n) is 16.1. The van der Waals surface area contributed by atoms with Crippen LogP contribution in [0.5, 0.6) is 0 Å². The number of imide groups is 1. The molecule has 1 aromatic heterocycles. The molecule has 9 nitrogen and oxygen atoms in total. The molecule has 4 atom stereocenters. The molecule has 2 amide bonds. The molecule has 0 radical (unpaired) electrons. The maximum absolute atomic E-state index is 13.7. The Kier molecular flexibility index (Phi) is 12.0. The van der Waals surface area contributed by atoms with Crippen LogP contribution in [0.2, 0.25) is 0 Å². The van der Waals surface area contributed by atoms with E-state index in [1.807, 2.05) is 91.9 Å². The zero-order valence-electron chi connectivity index (χ0n) is 27.2. The second-order valence-electron chi connectivity index (χ2n) is 11.7. The lowest BCUT2D eigenvalue weighted by atomic mass is 10.0. The standard InChI is InChI=1S/C38H43NO8/c1-4-30(45-23-27-14-7-5-8-15-27)24-44-20-12-19-33-31(29-18-11-13-26(2)21-29)22-34(47-33)35(40)36(43-3)37(41)39-32(25-46-38(39)42)28-16-9-6-10-17-28/h5-11,13-18,21-22,30,32,35-36,40H,4,12,19-20,23-25H2,1-3H3/t30-,32-,35-,36+/m1/s1. The van der Waals surface area contributed by atoms with E-state index in [0.717, 1.165) is 39.1 Å². The van der Waals surface area contributed by atoms with Crippen LogP contribution in [0.3, 0.4) is 0 Å². The van der Waals surface area contributed by atoms with Crippen LogP contribution in [0.25, 0.3) is 11.1 Å². The highest BCUT2D eigenvalue weighted by Crippen LogP contribution is 2.35. The normalized spacial score (nSPS) is 16.6. The van der Waals surface area contributed by atoms with Gasteiger partial charge < -0.3 is 28.5 Å². The summed E-state index contributed by atoms with van der Waals surface area (Å²) in [5.41, 5.74) is 4.68. The van der Waals surface area contributed by atoms with E-state index < -0.39 is 30.3 Å². The van der Waals surface area contributed by atoms with Gasteiger partial charge in [-0.25, -0.2) is 9.69 Å². The summed E-state index contributed by atoms with van der Waals surface area (Å²) >= 11 is 0. The van der Waals surface area contributed by atoms with E-state index in [1.165, 1.54) is 7.11 Å². The number of nitrogens with zero attached hydrogens (tertiary/aromatic N) is 1. The fraction of sp³-hybridized carbons (Fsp3) is 0.368. The Morgan fingerprint density at radius 2 is 1.77 bits per heavy atom. The first kappa shape index (κ1) is 34.1. The monoisotopic (exact) mass is 641 g/mol. The van der Waals surface area contributed by atoms with Crippen molar-refractivity contribution in [1.82, 2.24) is 4.90 Å². The third kappa shape index (κ3) is 8.55. The van der Waals surface area contributed by atoms with Crippen molar-refractivity contribution < 1.29 is 38.1 Å². The number of aliphatic hydroxyl groups excluding tert-OH is 1.